The van der Waals surface area contributed by atoms with Crippen molar-refractivity contribution in [1.82, 2.24) is 0 Å². The van der Waals surface area contributed by atoms with E-state index in [1.807, 2.05) is 0 Å². The Kier molecular flexibility index (Phi) is 18.6. The lowest BCUT2D eigenvalue weighted by Gasteiger charge is -2.31. The monoisotopic (exact) mass is 1020 g/mol. The van der Waals surface area contributed by atoms with Crippen LogP contribution in [0.3, 0.4) is 0 Å². The highest BCUT2D eigenvalue weighted by Crippen LogP contribution is 2.44. The third-order valence-electron chi connectivity index (χ3n) is 13.8. The fourth-order valence-electron chi connectivity index (χ4n) is 9.35. The van der Waals surface area contributed by atoms with Crippen molar-refractivity contribution >= 4 is 9.05 Å². The van der Waals surface area contributed by atoms with Gasteiger partial charge in [-0.15, -0.1) is 0 Å². The summed E-state index contributed by atoms with van der Waals surface area (Å²) < 4.78 is 28.2. The molecular weight excluding hydrogens is 925 g/mol. The minimum Gasteiger partial charge on any atom is -0.507 e. The van der Waals surface area contributed by atoms with Crippen LogP contribution in [0, 0.1) is 0 Å². The molecule has 0 bridgehead atoms. The molecule has 0 aliphatic carbocycles. The predicted octanol–water partition coefficient (Wildman–Crippen LogP) is 15.7. The van der Waals surface area contributed by atoms with Crippen LogP contribution in [0.4, 0.5) is 0 Å². The normalized spacial score (nSPS) is 13.8. The van der Waals surface area contributed by atoms with Gasteiger partial charge in [0.2, 0.25) is 0 Å². The van der Waals surface area contributed by atoms with Gasteiger partial charge in [0.25, 0.3) is 0 Å². The molecule has 4 aromatic rings. The average Bonchev–Trinajstić information content (AvgIpc) is 3.19. The standard InChI is InChI=1S/C64H100O8Si/c1-57(2,3)45-33-41(34-46(53(45)65)58(4,5)6)25-29-69-73(70-30-26-42-35-47(59(7,8)9)54(66)48(36-42)60(10,11)12,71-31-27-43-37-49(61(13,14)15)55(67)50(38-43)62(16,17)18)72-32-28-44-39-51(63(19,20)21)56(68)52(40-44)64(22,23)24/h33-40,65-68H,25-32H2,1-24H3. The average molecular weight is 1030 g/mol. The van der Waals surface area contributed by atoms with Gasteiger partial charge in [0.15, 0.2) is 0 Å². The van der Waals surface area contributed by atoms with E-state index < -0.39 is 9.05 Å². The van der Waals surface area contributed by atoms with E-state index in [9.17, 15) is 20.4 Å². The number of phenolic OH excluding ortho intramolecular Hbond substituents is 4. The Hall–Kier alpha value is -3.86. The van der Waals surface area contributed by atoms with Crippen LogP contribution in [-0.2, 0) is 86.7 Å². The molecule has 408 valence electrons. The van der Waals surface area contributed by atoms with Crippen molar-refractivity contribution in [3.63, 3.8) is 0 Å². The van der Waals surface area contributed by atoms with Gasteiger partial charge < -0.3 is 38.1 Å². The van der Waals surface area contributed by atoms with E-state index in [0.717, 1.165) is 66.8 Å². The maximum Gasteiger partial charge on any atom is 0.679 e. The molecule has 9 heteroatoms. The molecule has 0 aliphatic heterocycles. The molecule has 4 aromatic carbocycles. The Balaban J connectivity index is 1.88. The minimum absolute atomic E-state index is 0.231. The van der Waals surface area contributed by atoms with Crippen molar-refractivity contribution in [3.8, 4) is 23.0 Å². The smallest absolute Gasteiger partial charge is 0.507 e. The highest BCUT2D eigenvalue weighted by molar-refractivity contribution is 6.53. The topological polar surface area (TPSA) is 118 Å². The van der Waals surface area contributed by atoms with Gasteiger partial charge >= 0.3 is 9.05 Å². The first-order chi connectivity index (χ1) is 32.9. The third-order valence-corrected chi connectivity index (χ3v) is 16.1. The first-order valence-corrected chi connectivity index (χ1v) is 28.5. The van der Waals surface area contributed by atoms with Crippen molar-refractivity contribution in [1.29, 1.82) is 0 Å². The molecular formula is C64H100O8Si. The van der Waals surface area contributed by atoms with Crippen LogP contribution >= 0.6 is 0 Å². The zero-order chi connectivity index (χ0) is 55.9. The number of hydrogen-bond donors (Lipinski definition) is 4. The minimum atomic E-state index is -4.05. The summed E-state index contributed by atoms with van der Waals surface area (Å²) in [5.74, 6) is 1.33. The van der Waals surface area contributed by atoms with Gasteiger partial charge in [-0.1, -0.05) is 215 Å². The highest BCUT2D eigenvalue weighted by atomic mass is 28.4. The molecule has 0 heterocycles. The van der Waals surface area contributed by atoms with Gasteiger partial charge in [-0.3, -0.25) is 0 Å². The molecule has 0 fully saturated rings. The summed E-state index contributed by atoms with van der Waals surface area (Å²) in [6.07, 6.45) is 2.07. The molecule has 0 unspecified atom stereocenters. The lowest BCUT2D eigenvalue weighted by Crippen LogP contribution is -2.51. The SMILES string of the molecule is CC(C)(C)c1cc(CCO[Si](OCCc2cc(C(C)(C)C)c(O)c(C(C)(C)C)c2)(OCCc2cc(C(C)(C)C)c(O)c(C(C)(C)C)c2)OCCc2cc(C(C)(C)C)c(O)c(C(C)(C)C)c2)cc(C(C)(C)C)c1O. The fourth-order valence-corrected chi connectivity index (χ4v) is 11.3. The van der Waals surface area contributed by atoms with Crippen molar-refractivity contribution in [3.05, 3.63) is 115 Å². The van der Waals surface area contributed by atoms with Crippen LogP contribution in [0.2, 0.25) is 0 Å². The molecule has 0 saturated carbocycles. The maximum absolute atomic E-state index is 11.6. The molecule has 8 nitrogen and oxygen atoms in total. The lowest BCUT2D eigenvalue weighted by atomic mass is 9.78. The van der Waals surface area contributed by atoms with Gasteiger partial charge in [-0.2, -0.15) is 0 Å². The summed E-state index contributed by atoms with van der Waals surface area (Å²) in [6.45, 7) is 51.9. The molecule has 0 saturated heterocycles. The van der Waals surface area contributed by atoms with Gasteiger partial charge in [-0.25, -0.2) is 0 Å². The van der Waals surface area contributed by atoms with Gasteiger partial charge in [0, 0.05) is 26.4 Å². The van der Waals surface area contributed by atoms with Crippen molar-refractivity contribution in [2.75, 3.05) is 26.4 Å². The molecule has 73 heavy (non-hydrogen) atoms. The number of phenols is 4. The van der Waals surface area contributed by atoms with E-state index in [-0.39, 0.29) is 69.7 Å². The number of benzene rings is 4. The zero-order valence-electron chi connectivity index (χ0n) is 50.2. The second kappa shape index (κ2) is 22.0. The van der Waals surface area contributed by atoms with E-state index in [4.69, 9.17) is 17.7 Å². The Morgan fingerprint density at radius 2 is 0.384 bits per heavy atom. The Labute approximate surface area is 445 Å². The summed E-state index contributed by atoms with van der Waals surface area (Å²) in [5, 5.41) is 46.4. The van der Waals surface area contributed by atoms with Crippen molar-refractivity contribution in [2.45, 2.75) is 235 Å². The zero-order valence-corrected chi connectivity index (χ0v) is 51.2. The Morgan fingerprint density at radius 3 is 0.493 bits per heavy atom. The number of rotatable bonds is 16. The van der Waals surface area contributed by atoms with Gasteiger partial charge in [0.05, 0.1) is 0 Å². The van der Waals surface area contributed by atoms with E-state index in [2.05, 4.69) is 215 Å². The highest BCUT2D eigenvalue weighted by Gasteiger charge is 2.46. The first kappa shape index (κ1) is 61.7. The molecule has 0 aliphatic rings. The van der Waals surface area contributed by atoms with Crippen LogP contribution in [0.25, 0.3) is 0 Å². The molecule has 4 rings (SSSR count). The quantitative estimate of drug-likeness (QED) is 0.0820. The lowest BCUT2D eigenvalue weighted by molar-refractivity contribution is -0.0329. The molecule has 0 radical (unpaired) electrons. The summed E-state index contributed by atoms with van der Waals surface area (Å²) in [5.41, 5.74) is 8.81. The van der Waals surface area contributed by atoms with Crippen molar-refractivity contribution in [2.24, 2.45) is 0 Å². The molecule has 4 N–H and O–H groups in total. The second-order valence-corrected chi connectivity index (χ2v) is 31.2. The van der Waals surface area contributed by atoms with Crippen LogP contribution in [-0.4, -0.2) is 55.9 Å². The van der Waals surface area contributed by atoms with Gasteiger partial charge in [0.1, 0.15) is 23.0 Å². The van der Waals surface area contributed by atoms with Crippen LogP contribution in [0.15, 0.2) is 48.5 Å². The Morgan fingerprint density at radius 1 is 0.260 bits per heavy atom. The van der Waals surface area contributed by atoms with Crippen LogP contribution in [0.5, 0.6) is 23.0 Å². The van der Waals surface area contributed by atoms with Gasteiger partial charge in [-0.05, 0) is 136 Å². The van der Waals surface area contributed by atoms with Crippen LogP contribution < -0.4 is 0 Å². The summed E-state index contributed by atoms with van der Waals surface area (Å²) in [4.78, 5) is 0. The predicted molar refractivity (Wildman–Crippen MR) is 306 cm³/mol. The fraction of sp³-hybridized carbons (Fsp3) is 0.625. The van der Waals surface area contributed by atoms with E-state index in [1.165, 1.54) is 0 Å². The Bertz CT molecular complexity index is 2030. The molecule has 0 aromatic heterocycles. The molecule has 0 amide bonds. The maximum atomic E-state index is 11.6. The number of hydrogen-bond acceptors (Lipinski definition) is 8. The first-order valence-electron chi connectivity index (χ1n) is 26.9. The molecule has 0 spiro atoms. The van der Waals surface area contributed by atoms with Crippen molar-refractivity contribution < 1.29 is 38.1 Å². The second-order valence-electron chi connectivity index (χ2n) is 29.1. The molecule has 0 atom stereocenters. The largest absolute Gasteiger partial charge is 0.679 e. The summed E-state index contributed by atoms with van der Waals surface area (Å²) in [6, 6.07) is 16.8. The number of aromatic hydroxyl groups is 4. The van der Waals surface area contributed by atoms with E-state index in [1.54, 1.807) is 0 Å². The summed E-state index contributed by atoms with van der Waals surface area (Å²) in [7, 11) is -4.05. The summed E-state index contributed by atoms with van der Waals surface area (Å²) >= 11 is 0. The third kappa shape index (κ3) is 16.1. The van der Waals surface area contributed by atoms with E-state index in [0.29, 0.717) is 48.7 Å². The van der Waals surface area contributed by atoms with E-state index >= 15 is 0 Å². The van der Waals surface area contributed by atoms with Crippen LogP contribution in [0.1, 0.15) is 233 Å².